The molecular weight excluding hydrogens is 410 g/mol. The van der Waals surface area contributed by atoms with E-state index in [2.05, 4.69) is 20.9 Å². The van der Waals surface area contributed by atoms with Crippen LogP contribution in [0.5, 0.6) is 0 Å². The average molecular weight is 434 g/mol. The molecule has 1 aliphatic carbocycles. The Morgan fingerprint density at radius 2 is 1.96 bits per heavy atom. The number of hydrogen-bond donors (Lipinski definition) is 3. The van der Waals surface area contributed by atoms with Gasteiger partial charge in [0.1, 0.15) is 12.4 Å². The van der Waals surface area contributed by atoms with Gasteiger partial charge in [0.15, 0.2) is 5.96 Å². The molecule has 1 fully saturated rings. The summed E-state index contributed by atoms with van der Waals surface area (Å²) in [6.07, 6.45) is 2.91. The highest BCUT2D eigenvalue weighted by atomic mass is 127. The fraction of sp³-hybridized carbons (Fsp3) is 0.500. The van der Waals surface area contributed by atoms with E-state index in [9.17, 15) is 9.18 Å². The van der Waals surface area contributed by atoms with Crippen molar-refractivity contribution in [1.29, 1.82) is 0 Å². The molecule has 23 heavy (non-hydrogen) atoms. The SMILES string of the molecule is CCNC(=NCC(=O)NC1CC1)NCCc1ccc(F)cc1.I. The normalized spacial score (nSPS) is 13.9. The minimum atomic E-state index is -0.228. The van der Waals surface area contributed by atoms with Crippen molar-refractivity contribution in [3.63, 3.8) is 0 Å². The fourth-order valence-corrected chi connectivity index (χ4v) is 1.97. The topological polar surface area (TPSA) is 65.5 Å². The van der Waals surface area contributed by atoms with Crippen molar-refractivity contribution in [3.05, 3.63) is 35.6 Å². The highest BCUT2D eigenvalue weighted by Gasteiger charge is 2.22. The lowest BCUT2D eigenvalue weighted by molar-refractivity contribution is -0.119. The summed E-state index contributed by atoms with van der Waals surface area (Å²) in [6, 6.07) is 6.80. The van der Waals surface area contributed by atoms with E-state index in [1.165, 1.54) is 12.1 Å². The molecule has 2 rings (SSSR count). The maximum absolute atomic E-state index is 12.8. The maximum atomic E-state index is 12.8. The summed E-state index contributed by atoms with van der Waals surface area (Å²) in [5, 5.41) is 9.18. The number of nitrogens with one attached hydrogen (secondary N) is 3. The molecule has 0 unspecified atom stereocenters. The summed E-state index contributed by atoms with van der Waals surface area (Å²) in [6.45, 7) is 3.50. The van der Waals surface area contributed by atoms with E-state index in [1.54, 1.807) is 12.1 Å². The number of carbonyl (C=O) groups excluding carboxylic acids is 1. The first-order valence-corrected chi connectivity index (χ1v) is 7.73. The van der Waals surface area contributed by atoms with Crippen LogP contribution >= 0.6 is 24.0 Å². The molecule has 1 aromatic carbocycles. The zero-order valence-electron chi connectivity index (χ0n) is 13.3. The Morgan fingerprint density at radius 1 is 1.26 bits per heavy atom. The van der Waals surface area contributed by atoms with Gasteiger partial charge in [-0.1, -0.05) is 12.1 Å². The van der Waals surface area contributed by atoms with E-state index < -0.39 is 0 Å². The second kappa shape index (κ2) is 10.4. The number of halogens is 2. The molecule has 0 radical (unpaired) electrons. The van der Waals surface area contributed by atoms with Gasteiger partial charge >= 0.3 is 0 Å². The zero-order valence-corrected chi connectivity index (χ0v) is 15.6. The predicted octanol–water partition coefficient (Wildman–Crippen LogP) is 1.82. The van der Waals surface area contributed by atoms with Crippen molar-refractivity contribution in [2.45, 2.75) is 32.2 Å². The summed E-state index contributed by atoms with van der Waals surface area (Å²) < 4.78 is 12.8. The number of aliphatic imine (C=N–C) groups is 1. The van der Waals surface area contributed by atoms with Crippen LogP contribution < -0.4 is 16.0 Å². The molecule has 0 heterocycles. The largest absolute Gasteiger partial charge is 0.357 e. The van der Waals surface area contributed by atoms with Crippen molar-refractivity contribution >= 4 is 35.8 Å². The van der Waals surface area contributed by atoms with Crippen LogP contribution in [0, 0.1) is 5.82 Å². The molecule has 1 saturated carbocycles. The van der Waals surface area contributed by atoms with Crippen LogP contribution in [0.4, 0.5) is 4.39 Å². The van der Waals surface area contributed by atoms with Crippen molar-refractivity contribution < 1.29 is 9.18 Å². The average Bonchev–Trinajstić information content (AvgIpc) is 3.31. The second-order valence-electron chi connectivity index (χ2n) is 5.34. The zero-order chi connectivity index (χ0) is 15.8. The molecule has 7 heteroatoms. The molecule has 1 amide bonds. The molecule has 1 aromatic rings. The van der Waals surface area contributed by atoms with Gasteiger partial charge in [-0.15, -0.1) is 24.0 Å². The first kappa shape index (κ1) is 19.7. The smallest absolute Gasteiger partial charge is 0.242 e. The van der Waals surface area contributed by atoms with Gasteiger partial charge in [0.2, 0.25) is 5.91 Å². The molecule has 3 N–H and O–H groups in total. The van der Waals surface area contributed by atoms with Crippen LogP contribution in [0.1, 0.15) is 25.3 Å². The number of hydrogen-bond acceptors (Lipinski definition) is 2. The minimum Gasteiger partial charge on any atom is -0.357 e. The molecule has 0 spiro atoms. The monoisotopic (exact) mass is 434 g/mol. The van der Waals surface area contributed by atoms with E-state index in [0.717, 1.165) is 31.4 Å². The maximum Gasteiger partial charge on any atom is 0.242 e. The minimum absolute atomic E-state index is 0. The van der Waals surface area contributed by atoms with Gasteiger partial charge in [-0.3, -0.25) is 4.79 Å². The lowest BCUT2D eigenvalue weighted by atomic mass is 10.1. The van der Waals surface area contributed by atoms with Gasteiger partial charge in [0.25, 0.3) is 0 Å². The van der Waals surface area contributed by atoms with Crippen molar-refractivity contribution in [3.8, 4) is 0 Å². The predicted molar refractivity (Wildman–Crippen MR) is 101 cm³/mol. The van der Waals surface area contributed by atoms with Gasteiger partial charge in [0, 0.05) is 19.1 Å². The Hall–Kier alpha value is -1.38. The van der Waals surface area contributed by atoms with Gasteiger partial charge in [-0.2, -0.15) is 0 Å². The van der Waals surface area contributed by atoms with Crippen molar-refractivity contribution in [2.24, 2.45) is 4.99 Å². The third kappa shape index (κ3) is 8.15. The number of nitrogens with zero attached hydrogens (tertiary/aromatic N) is 1. The second-order valence-corrected chi connectivity index (χ2v) is 5.34. The fourth-order valence-electron chi connectivity index (χ4n) is 1.97. The summed E-state index contributed by atoms with van der Waals surface area (Å²) >= 11 is 0. The highest BCUT2D eigenvalue weighted by molar-refractivity contribution is 14.0. The first-order chi connectivity index (χ1) is 10.7. The standard InChI is InChI=1S/C16H23FN4O.HI/c1-2-18-16(20-11-15(22)21-14-7-8-14)19-10-9-12-3-5-13(17)6-4-12;/h3-6,14H,2,7-11H2,1H3,(H,21,22)(H2,18,19,20);1H. The van der Waals surface area contributed by atoms with E-state index in [-0.39, 0.29) is 42.2 Å². The molecule has 0 atom stereocenters. The number of amides is 1. The van der Waals surface area contributed by atoms with Crippen LogP contribution in [0.15, 0.2) is 29.3 Å². The van der Waals surface area contributed by atoms with E-state index >= 15 is 0 Å². The number of rotatable bonds is 7. The molecule has 5 nitrogen and oxygen atoms in total. The van der Waals surface area contributed by atoms with Gasteiger partial charge in [0.05, 0.1) is 0 Å². The Labute approximate surface area is 153 Å². The van der Waals surface area contributed by atoms with Crippen LogP contribution in [-0.4, -0.2) is 37.5 Å². The summed E-state index contributed by atoms with van der Waals surface area (Å²) in [7, 11) is 0. The third-order valence-electron chi connectivity index (χ3n) is 3.29. The van der Waals surface area contributed by atoms with Crippen LogP contribution in [0.2, 0.25) is 0 Å². The molecule has 0 bridgehead atoms. The molecule has 1 aliphatic rings. The Bertz CT molecular complexity index is 517. The summed E-state index contributed by atoms with van der Waals surface area (Å²) in [5.74, 6) is 0.349. The Kier molecular flexibility index (Phi) is 8.90. The molecule has 0 aliphatic heterocycles. The Morgan fingerprint density at radius 3 is 2.57 bits per heavy atom. The van der Waals surface area contributed by atoms with Crippen molar-refractivity contribution in [1.82, 2.24) is 16.0 Å². The van der Waals surface area contributed by atoms with Crippen LogP contribution in [-0.2, 0) is 11.2 Å². The van der Waals surface area contributed by atoms with E-state index in [4.69, 9.17) is 0 Å². The van der Waals surface area contributed by atoms with E-state index in [0.29, 0.717) is 18.5 Å². The van der Waals surface area contributed by atoms with Gasteiger partial charge in [-0.05, 0) is 43.9 Å². The molecule has 0 aromatic heterocycles. The number of carbonyl (C=O) groups is 1. The van der Waals surface area contributed by atoms with Crippen LogP contribution in [0.3, 0.4) is 0 Å². The lowest BCUT2D eigenvalue weighted by Gasteiger charge is -2.11. The van der Waals surface area contributed by atoms with E-state index in [1.807, 2.05) is 6.92 Å². The van der Waals surface area contributed by atoms with Crippen molar-refractivity contribution in [2.75, 3.05) is 19.6 Å². The summed E-state index contributed by atoms with van der Waals surface area (Å²) in [5.41, 5.74) is 1.05. The number of benzene rings is 1. The molecular formula is C16H24FIN4O. The Balaban J connectivity index is 0.00000264. The molecule has 128 valence electrons. The third-order valence-corrected chi connectivity index (χ3v) is 3.29. The quantitative estimate of drug-likeness (QED) is 0.349. The molecule has 0 saturated heterocycles. The lowest BCUT2D eigenvalue weighted by Crippen LogP contribution is -2.39. The highest BCUT2D eigenvalue weighted by Crippen LogP contribution is 2.18. The summed E-state index contributed by atoms with van der Waals surface area (Å²) in [4.78, 5) is 15.9. The first-order valence-electron chi connectivity index (χ1n) is 7.73. The number of guanidine groups is 1. The van der Waals surface area contributed by atoms with Crippen LogP contribution in [0.25, 0.3) is 0 Å². The van der Waals surface area contributed by atoms with Gasteiger partial charge in [-0.25, -0.2) is 9.38 Å². The van der Waals surface area contributed by atoms with Gasteiger partial charge < -0.3 is 16.0 Å².